The predicted octanol–water partition coefficient (Wildman–Crippen LogP) is 12.2. The largest absolute Gasteiger partial charge is 0.494 e. The van der Waals surface area contributed by atoms with Gasteiger partial charge in [-0.2, -0.15) is 35.8 Å². The number of azo groups is 2. The summed E-state index contributed by atoms with van der Waals surface area (Å²) < 4.78 is 109. The summed E-state index contributed by atoms with van der Waals surface area (Å²) in [6.07, 6.45) is 0.741. The van der Waals surface area contributed by atoms with Crippen LogP contribution in [0.15, 0.2) is 132 Å². The zero-order chi connectivity index (χ0) is 49.1. The van der Waals surface area contributed by atoms with Crippen molar-refractivity contribution in [3.8, 4) is 29.0 Å². The maximum absolute atomic E-state index is 12.5. The molecule has 7 rings (SSSR count). The van der Waals surface area contributed by atoms with E-state index in [0.717, 1.165) is 42.0 Å². The molecule has 25 heteroatoms. The van der Waals surface area contributed by atoms with Gasteiger partial charge >= 0.3 is 0 Å². The maximum atomic E-state index is 12.5. The molecular weight excluding hydrogens is 1000 g/mol. The Balaban J connectivity index is 1.40. The second-order valence-corrected chi connectivity index (χ2v) is 20.2. The van der Waals surface area contributed by atoms with Gasteiger partial charge in [-0.05, 0) is 91.7 Å². The molecule has 2 heterocycles. The number of nitriles is 2. The first-order valence-electron chi connectivity index (χ1n) is 19.4. The van der Waals surface area contributed by atoms with E-state index in [4.69, 9.17) is 27.9 Å². The number of nitrogens with one attached hydrogen (secondary N) is 2. The molecule has 346 valence electrons. The Morgan fingerprint density at radius 3 is 1.96 bits per heavy atom. The van der Waals surface area contributed by atoms with Crippen molar-refractivity contribution in [3.05, 3.63) is 124 Å². The molecule has 2 aromatic heterocycles. The zero-order valence-electron chi connectivity index (χ0n) is 34.9. The summed E-state index contributed by atoms with van der Waals surface area (Å²) in [6, 6.07) is 26.6. The van der Waals surface area contributed by atoms with Gasteiger partial charge in [0.1, 0.15) is 48.8 Å². The number of anilines is 4. The zero-order valence-corrected chi connectivity index (χ0v) is 39.6. The van der Waals surface area contributed by atoms with Gasteiger partial charge in [-0.1, -0.05) is 65.7 Å². The molecule has 0 fully saturated rings. The summed E-state index contributed by atoms with van der Waals surface area (Å²) in [6.45, 7) is 3.92. The van der Waals surface area contributed by atoms with E-state index in [2.05, 4.69) is 48.2 Å². The Morgan fingerprint density at radius 2 is 1.32 bits per heavy atom. The fourth-order valence-electron chi connectivity index (χ4n) is 6.58. The summed E-state index contributed by atoms with van der Waals surface area (Å²) in [5.41, 5.74) is 1.04. The molecule has 0 aliphatic heterocycles. The summed E-state index contributed by atoms with van der Waals surface area (Å²) in [5, 5.41) is 44.3. The second kappa shape index (κ2) is 19.7. The van der Waals surface area contributed by atoms with Crippen LogP contribution in [0, 0.1) is 29.6 Å². The molecule has 0 aliphatic rings. The Hall–Kier alpha value is -6.90. The Labute approximate surface area is 402 Å². The fourth-order valence-corrected chi connectivity index (χ4v) is 10.0. The van der Waals surface area contributed by atoms with Gasteiger partial charge in [0, 0.05) is 38.3 Å². The molecular formula is C43H31Cl2N9O10S4. The van der Waals surface area contributed by atoms with E-state index in [1.54, 1.807) is 55.5 Å². The average Bonchev–Trinajstić information content (AvgIpc) is 3.64. The van der Waals surface area contributed by atoms with Crippen molar-refractivity contribution in [3.63, 3.8) is 0 Å². The number of benzene rings is 5. The lowest BCUT2D eigenvalue weighted by molar-refractivity contribution is 0.317. The number of halogens is 2. The molecule has 0 radical (unpaired) electrons. The van der Waals surface area contributed by atoms with Crippen LogP contribution in [0.1, 0.15) is 30.0 Å². The Morgan fingerprint density at radius 1 is 0.691 bits per heavy atom. The Kier molecular flexibility index (Phi) is 14.2. The quantitative estimate of drug-likeness (QED) is 0.0471. The van der Waals surface area contributed by atoms with Gasteiger partial charge in [0.05, 0.1) is 22.9 Å². The number of pyridine rings is 1. The van der Waals surface area contributed by atoms with Crippen LogP contribution in [-0.4, -0.2) is 50.5 Å². The molecule has 0 bridgehead atoms. The van der Waals surface area contributed by atoms with Crippen molar-refractivity contribution >= 4 is 120 Å². The third-order valence-corrected chi connectivity index (χ3v) is 14.0. The van der Waals surface area contributed by atoms with Gasteiger partial charge in [0.2, 0.25) is 0 Å². The van der Waals surface area contributed by atoms with Crippen LogP contribution in [-0.2, 0) is 30.4 Å². The first-order chi connectivity index (χ1) is 32.2. The highest BCUT2D eigenvalue weighted by molar-refractivity contribution is 7.86. The summed E-state index contributed by atoms with van der Waals surface area (Å²) in [5.74, 6) is 0.483. The lowest BCUT2D eigenvalue weighted by atomic mass is 10.0. The third kappa shape index (κ3) is 10.8. The molecule has 0 aliphatic carbocycles. The standard InChI is InChI=1S/C43H31Cl2N9O10S4/c1-3-17-64-29-14-7-24(8-15-29)38-33(22-47)42(65-43(38)54-51-28-18-31-30(36(20-28)67(58,59)60)5-4-6-35(31)66(55,56)57)53-52-39-23(2)32(21-46)40(50-41(39)48-26-11-9-25(44)10-12-26)49-27-13-16-34(45)37(19-27)68(61,62)63/h4-16,18-20H,3,17H2,1-2H3,(H2,48,49,50)(H,55,56,57)(H,58,59,60)(H,61,62,63). The lowest BCUT2D eigenvalue weighted by Crippen LogP contribution is -2.05. The van der Waals surface area contributed by atoms with Crippen LogP contribution in [0.2, 0.25) is 10.0 Å². The molecule has 0 unspecified atom stereocenters. The van der Waals surface area contributed by atoms with Crippen molar-refractivity contribution in [2.75, 3.05) is 17.2 Å². The lowest BCUT2D eigenvalue weighted by Gasteiger charge is -2.16. The van der Waals surface area contributed by atoms with Crippen molar-refractivity contribution in [1.82, 2.24) is 4.98 Å². The van der Waals surface area contributed by atoms with E-state index < -0.39 is 45.0 Å². The number of fused-ring (bicyclic) bond motifs is 1. The Bertz CT molecular complexity index is 3650. The van der Waals surface area contributed by atoms with Gasteiger partial charge in [0.15, 0.2) is 16.6 Å². The van der Waals surface area contributed by atoms with Gasteiger partial charge < -0.3 is 15.4 Å². The van der Waals surface area contributed by atoms with E-state index in [1.165, 1.54) is 24.3 Å². The van der Waals surface area contributed by atoms with Crippen LogP contribution >= 0.6 is 34.5 Å². The number of aromatic nitrogens is 1. The van der Waals surface area contributed by atoms with Gasteiger partial charge in [-0.3, -0.25) is 13.7 Å². The van der Waals surface area contributed by atoms with Crippen LogP contribution in [0.3, 0.4) is 0 Å². The van der Waals surface area contributed by atoms with Crippen LogP contribution in [0.5, 0.6) is 5.75 Å². The van der Waals surface area contributed by atoms with E-state index in [-0.39, 0.29) is 76.7 Å². The highest BCUT2D eigenvalue weighted by atomic mass is 35.5. The van der Waals surface area contributed by atoms with E-state index in [0.29, 0.717) is 28.6 Å². The predicted molar refractivity (Wildman–Crippen MR) is 255 cm³/mol. The number of hydrogen-bond acceptors (Lipinski definition) is 17. The normalized spacial score (nSPS) is 12.1. The number of nitrogens with zero attached hydrogens (tertiary/aromatic N) is 7. The second-order valence-electron chi connectivity index (χ2n) is 14.2. The van der Waals surface area contributed by atoms with Gasteiger partial charge in [0.25, 0.3) is 30.4 Å². The fraction of sp³-hybridized carbons (Fsp3) is 0.0930. The third-order valence-electron chi connectivity index (χ3n) is 9.66. The number of thiophene rings is 1. The van der Waals surface area contributed by atoms with E-state index in [1.807, 2.05) is 6.92 Å². The van der Waals surface area contributed by atoms with E-state index >= 15 is 0 Å². The minimum atomic E-state index is -4.99. The summed E-state index contributed by atoms with van der Waals surface area (Å²) in [4.78, 5) is 2.63. The molecule has 5 N–H and O–H groups in total. The highest BCUT2D eigenvalue weighted by Crippen LogP contribution is 2.49. The van der Waals surface area contributed by atoms with Gasteiger partial charge in [-0.25, -0.2) is 4.98 Å². The molecule has 0 amide bonds. The summed E-state index contributed by atoms with van der Waals surface area (Å²) >= 11 is 13.0. The molecule has 0 spiro atoms. The van der Waals surface area contributed by atoms with Crippen LogP contribution in [0.4, 0.5) is 44.4 Å². The molecule has 0 saturated heterocycles. The molecule has 0 atom stereocenters. The number of hydrogen-bond donors (Lipinski definition) is 5. The molecule has 5 aromatic carbocycles. The molecule has 68 heavy (non-hydrogen) atoms. The number of ether oxygens (including phenoxy) is 1. The average molecular weight is 1030 g/mol. The molecule has 7 aromatic rings. The number of rotatable bonds is 15. The topological polar surface area (TPSA) is 306 Å². The molecule has 0 saturated carbocycles. The highest BCUT2D eigenvalue weighted by Gasteiger charge is 2.25. The van der Waals surface area contributed by atoms with E-state index in [9.17, 15) is 49.4 Å². The minimum Gasteiger partial charge on any atom is -0.494 e. The first kappa shape index (κ1) is 49.0. The van der Waals surface area contributed by atoms with Gasteiger partial charge in [-0.15, -0.1) is 20.5 Å². The SMILES string of the molecule is CCCOc1ccc(-c2c(N=Nc3cc(S(=O)(=O)O)c4cccc(S(=O)(=O)O)c4c3)sc(N=Nc3c(Nc4ccc(Cl)cc4)nc(Nc4ccc(Cl)c(S(=O)(=O)O)c4)c(C#N)c3C)c2C#N)cc1. The van der Waals surface area contributed by atoms with Crippen molar-refractivity contribution in [2.45, 2.75) is 35.0 Å². The maximum Gasteiger partial charge on any atom is 0.296 e. The smallest absolute Gasteiger partial charge is 0.296 e. The first-order valence-corrected chi connectivity index (χ1v) is 25.3. The van der Waals surface area contributed by atoms with Crippen molar-refractivity contribution in [1.29, 1.82) is 10.5 Å². The van der Waals surface area contributed by atoms with Crippen molar-refractivity contribution in [2.24, 2.45) is 20.5 Å². The van der Waals surface area contributed by atoms with Crippen molar-refractivity contribution < 1.29 is 43.6 Å². The minimum absolute atomic E-state index is 0.0137. The summed E-state index contributed by atoms with van der Waals surface area (Å²) in [7, 11) is -14.6. The monoisotopic (exact) mass is 1030 g/mol. The van der Waals surface area contributed by atoms with Crippen LogP contribution in [0.25, 0.3) is 21.9 Å². The van der Waals surface area contributed by atoms with Crippen LogP contribution < -0.4 is 15.4 Å². The molecule has 19 nitrogen and oxygen atoms in total.